The van der Waals surface area contributed by atoms with Gasteiger partial charge in [-0.25, -0.2) is 0 Å². The lowest BCUT2D eigenvalue weighted by Crippen LogP contribution is -2.39. The van der Waals surface area contributed by atoms with E-state index in [0.717, 1.165) is 6.42 Å². The SMILES string of the molecule is C[C@@H](O)[C@](C)(CN)Cc1ccccc1. The first kappa shape index (κ1) is 11.2. The van der Waals surface area contributed by atoms with E-state index in [2.05, 4.69) is 12.1 Å². The van der Waals surface area contributed by atoms with Gasteiger partial charge in [0.2, 0.25) is 0 Å². The third kappa shape index (κ3) is 2.56. The van der Waals surface area contributed by atoms with Crippen LogP contribution >= 0.6 is 0 Å². The molecule has 3 N–H and O–H groups in total. The van der Waals surface area contributed by atoms with E-state index < -0.39 is 0 Å². The molecule has 1 aromatic carbocycles. The van der Waals surface area contributed by atoms with E-state index in [-0.39, 0.29) is 11.5 Å². The fourth-order valence-corrected chi connectivity index (χ4v) is 1.45. The zero-order valence-electron chi connectivity index (χ0n) is 8.90. The molecule has 0 radical (unpaired) electrons. The maximum Gasteiger partial charge on any atom is 0.0580 e. The maximum atomic E-state index is 9.65. The van der Waals surface area contributed by atoms with Crippen LogP contribution in [0, 0.1) is 5.41 Å². The van der Waals surface area contributed by atoms with Crippen molar-refractivity contribution < 1.29 is 5.11 Å². The van der Waals surface area contributed by atoms with Crippen molar-refractivity contribution in [3.05, 3.63) is 35.9 Å². The second kappa shape index (κ2) is 4.58. The molecule has 1 aromatic rings. The van der Waals surface area contributed by atoms with E-state index in [1.807, 2.05) is 25.1 Å². The number of aliphatic hydroxyl groups is 1. The first-order chi connectivity index (χ1) is 6.58. The van der Waals surface area contributed by atoms with Crippen LogP contribution in [0.4, 0.5) is 0 Å². The smallest absolute Gasteiger partial charge is 0.0580 e. The fraction of sp³-hybridized carbons (Fsp3) is 0.500. The number of benzene rings is 1. The van der Waals surface area contributed by atoms with Crippen LogP contribution < -0.4 is 5.73 Å². The Kier molecular flexibility index (Phi) is 3.67. The van der Waals surface area contributed by atoms with Gasteiger partial charge in [-0.2, -0.15) is 0 Å². The van der Waals surface area contributed by atoms with Gasteiger partial charge in [-0.3, -0.25) is 0 Å². The highest BCUT2D eigenvalue weighted by atomic mass is 16.3. The van der Waals surface area contributed by atoms with Crippen molar-refractivity contribution in [1.29, 1.82) is 0 Å². The van der Waals surface area contributed by atoms with E-state index in [1.54, 1.807) is 6.92 Å². The Labute approximate surface area is 85.8 Å². The van der Waals surface area contributed by atoms with E-state index >= 15 is 0 Å². The molecule has 0 unspecified atom stereocenters. The minimum Gasteiger partial charge on any atom is -0.393 e. The molecule has 0 aromatic heterocycles. The van der Waals surface area contributed by atoms with Crippen LogP contribution in [0.25, 0.3) is 0 Å². The molecule has 0 aliphatic heterocycles. The minimum atomic E-state index is -0.382. The topological polar surface area (TPSA) is 46.2 Å². The summed E-state index contributed by atoms with van der Waals surface area (Å²) < 4.78 is 0. The summed E-state index contributed by atoms with van der Waals surface area (Å²) in [6, 6.07) is 10.1. The van der Waals surface area contributed by atoms with Gasteiger partial charge in [-0.05, 0) is 18.9 Å². The monoisotopic (exact) mass is 193 g/mol. The number of aliphatic hydroxyl groups excluding tert-OH is 1. The first-order valence-electron chi connectivity index (χ1n) is 5.00. The van der Waals surface area contributed by atoms with Crippen LogP contribution in [-0.2, 0) is 6.42 Å². The zero-order chi connectivity index (χ0) is 10.6. The zero-order valence-corrected chi connectivity index (χ0v) is 8.90. The van der Waals surface area contributed by atoms with Gasteiger partial charge in [0.1, 0.15) is 0 Å². The maximum absolute atomic E-state index is 9.65. The summed E-state index contributed by atoms with van der Waals surface area (Å²) in [6.45, 7) is 4.32. The number of rotatable bonds is 4. The molecule has 0 heterocycles. The molecule has 78 valence electrons. The highest BCUT2D eigenvalue weighted by molar-refractivity contribution is 5.16. The Morgan fingerprint density at radius 1 is 1.36 bits per heavy atom. The summed E-state index contributed by atoms with van der Waals surface area (Å²) in [7, 11) is 0. The van der Waals surface area contributed by atoms with Crippen LogP contribution in [-0.4, -0.2) is 17.8 Å². The number of hydrogen-bond acceptors (Lipinski definition) is 2. The van der Waals surface area contributed by atoms with Crippen LogP contribution in [0.5, 0.6) is 0 Å². The largest absolute Gasteiger partial charge is 0.393 e. The summed E-state index contributed by atoms with van der Waals surface area (Å²) in [5.74, 6) is 0. The van der Waals surface area contributed by atoms with Crippen LogP contribution in [0.2, 0.25) is 0 Å². The quantitative estimate of drug-likeness (QED) is 0.762. The Morgan fingerprint density at radius 3 is 2.36 bits per heavy atom. The summed E-state index contributed by atoms with van der Waals surface area (Å²) in [5, 5.41) is 9.65. The second-order valence-electron chi connectivity index (χ2n) is 4.20. The highest BCUT2D eigenvalue weighted by Crippen LogP contribution is 2.25. The molecule has 0 bridgehead atoms. The normalized spacial score (nSPS) is 17.4. The Morgan fingerprint density at radius 2 is 1.93 bits per heavy atom. The van der Waals surface area contributed by atoms with Gasteiger partial charge < -0.3 is 10.8 Å². The predicted molar refractivity (Wildman–Crippen MR) is 59.0 cm³/mol. The van der Waals surface area contributed by atoms with Crippen LogP contribution in [0.1, 0.15) is 19.4 Å². The predicted octanol–water partition coefficient (Wildman–Crippen LogP) is 1.57. The third-order valence-corrected chi connectivity index (χ3v) is 2.93. The average Bonchev–Trinajstić information content (AvgIpc) is 2.19. The average molecular weight is 193 g/mol. The van der Waals surface area contributed by atoms with Gasteiger partial charge in [-0.15, -0.1) is 0 Å². The molecule has 0 aliphatic rings. The third-order valence-electron chi connectivity index (χ3n) is 2.93. The van der Waals surface area contributed by atoms with Crippen molar-refractivity contribution in [2.45, 2.75) is 26.4 Å². The molecule has 0 saturated carbocycles. The van der Waals surface area contributed by atoms with Gasteiger partial charge in [-0.1, -0.05) is 37.3 Å². The molecule has 0 fully saturated rings. The minimum absolute atomic E-state index is 0.221. The fourth-order valence-electron chi connectivity index (χ4n) is 1.45. The molecule has 0 spiro atoms. The van der Waals surface area contributed by atoms with E-state index in [1.165, 1.54) is 5.56 Å². The molecular formula is C12H19NO. The van der Waals surface area contributed by atoms with Gasteiger partial charge in [0.25, 0.3) is 0 Å². The Bertz CT molecular complexity index is 271. The molecule has 0 aliphatic carbocycles. The second-order valence-corrected chi connectivity index (χ2v) is 4.20. The molecule has 2 atom stereocenters. The molecule has 1 rings (SSSR count). The lowest BCUT2D eigenvalue weighted by atomic mass is 9.79. The lowest BCUT2D eigenvalue weighted by molar-refractivity contribution is 0.0589. The van der Waals surface area contributed by atoms with Gasteiger partial charge in [0.05, 0.1) is 6.10 Å². The van der Waals surface area contributed by atoms with E-state index in [9.17, 15) is 5.11 Å². The molecular weight excluding hydrogens is 174 g/mol. The Hall–Kier alpha value is -0.860. The molecule has 2 nitrogen and oxygen atoms in total. The lowest BCUT2D eigenvalue weighted by Gasteiger charge is -2.31. The van der Waals surface area contributed by atoms with Gasteiger partial charge >= 0.3 is 0 Å². The van der Waals surface area contributed by atoms with Crippen molar-refractivity contribution in [1.82, 2.24) is 0 Å². The molecule has 0 saturated heterocycles. The van der Waals surface area contributed by atoms with Crippen molar-refractivity contribution in [2.75, 3.05) is 6.54 Å². The van der Waals surface area contributed by atoms with Gasteiger partial charge in [0, 0.05) is 12.0 Å². The summed E-state index contributed by atoms with van der Waals surface area (Å²) >= 11 is 0. The van der Waals surface area contributed by atoms with Crippen molar-refractivity contribution >= 4 is 0 Å². The van der Waals surface area contributed by atoms with Crippen molar-refractivity contribution in [3.8, 4) is 0 Å². The standard InChI is InChI=1S/C12H19NO/c1-10(14)12(2,9-13)8-11-6-4-3-5-7-11/h3-7,10,14H,8-9,13H2,1-2H3/t10-,12+/m1/s1. The Balaban J connectivity index is 2.76. The highest BCUT2D eigenvalue weighted by Gasteiger charge is 2.28. The summed E-state index contributed by atoms with van der Waals surface area (Å²) in [4.78, 5) is 0. The van der Waals surface area contributed by atoms with Crippen molar-refractivity contribution in [2.24, 2.45) is 11.1 Å². The van der Waals surface area contributed by atoms with Gasteiger partial charge in [0.15, 0.2) is 0 Å². The molecule has 14 heavy (non-hydrogen) atoms. The number of nitrogens with two attached hydrogens (primary N) is 1. The number of hydrogen-bond donors (Lipinski definition) is 2. The molecule has 0 amide bonds. The van der Waals surface area contributed by atoms with Crippen LogP contribution in [0.15, 0.2) is 30.3 Å². The van der Waals surface area contributed by atoms with E-state index in [4.69, 9.17) is 5.73 Å². The summed E-state index contributed by atoms with van der Waals surface area (Å²) in [5.41, 5.74) is 6.70. The van der Waals surface area contributed by atoms with Crippen LogP contribution in [0.3, 0.4) is 0 Å². The van der Waals surface area contributed by atoms with E-state index in [0.29, 0.717) is 6.54 Å². The molecule has 2 heteroatoms. The first-order valence-corrected chi connectivity index (χ1v) is 5.00. The summed E-state index contributed by atoms with van der Waals surface area (Å²) in [6.07, 6.45) is 0.440. The van der Waals surface area contributed by atoms with Crippen molar-refractivity contribution in [3.63, 3.8) is 0 Å².